The Kier molecular flexibility index (Phi) is 7.04. The molecule has 1 atom stereocenters. The van der Waals surface area contributed by atoms with Gasteiger partial charge in [0.1, 0.15) is 5.75 Å². The number of nitrogens with zero attached hydrogens (tertiary/aromatic N) is 1. The van der Waals surface area contributed by atoms with Crippen molar-refractivity contribution in [1.82, 2.24) is 14.6 Å². The van der Waals surface area contributed by atoms with Gasteiger partial charge in [0.2, 0.25) is 15.6 Å². The van der Waals surface area contributed by atoms with Gasteiger partial charge in [-0.05, 0) is 62.6 Å². The zero-order valence-corrected chi connectivity index (χ0v) is 20.2. The highest BCUT2D eigenvalue weighted by molar-refractivity contribution is 7.89. The van der Waals surface area contributed by atoms with Gasteiger partial charge in [-0.2, -0.15) is 4.31 Å². The van der Waals surface area contributed by atoms with Crippen molar-refractivity contribution in [3.8, 4) is 5.75 Å². The SMILES string of the molecule is CCOc1ccc(CNC(=O)c2cc(=O)[nH]c3ccc(S(=O)(=O)N4CCCC[C@H]4C)cc23)cc1. The summed E-state index contributed by atoms with van der Waals surface area (Å²) in [5.74, 6) is 0.292. The molecule has 180 valence electrons. The van der Waals surface area contributed by atoms with Gasteiger partial charge in [-0.15, -0.1) is 0 Å². The Labute approximate surface area is 199 Å². The second kappa shape index (κ2) is 9.99. The van der Waals surface area contributed by atoms with E-state index >= 15 is 0 Å². The maximum atomic E-state index is 13.3. The van der Waals surface area contributed by atoms with E-state index in [1.165, 1.54) is 22.5 Å². The van der Waals surface area contributed by atoms with Gasteiger partial charge < -0.3 is 15.0 Å². The minimum atomic E-state index is -3.72. The minimum absolute atomic E-state index is 0.0816. The lowest BCUT2D eigenvalue weighted by Gasteiger charge is -2.32. The van der Waals surface area contributed by atoms with Crippen LogP contribution in [0.2, 0.25) is 0 Å². The zero-order chi connectivity index (χ0) is 24.3. The average Bonchev–Trinajstić information content (AvgIpc) is 2.83. The van der Waals surface area contributed by atoms with Crippen molar-refractivity contribution in [2.24, 2.45) is 0 Å². The second-order valence-electron chi connectivity index (χ2n) is 8.47. The normalized spacial score (nSPS) is 16.9. The molecule has 2 heterocycles. The van der Waals surface area contributed by atoms with E-state index in [1.54, 1.807) is 6.07 Å². The molecule has 1 aliphatic heterocycles. The standard InChI is InChI=1S/C25H29N3O5S/c1-3-33-19-9-7-18(8-10-19)16-26-25(30)22-15-24(29)27-23-12-11-20(14-21(22)23)34(31,32)28-13-5-4-6-17(28)2/h7-12,14-15,17H,3-6,13,16H2,1-2H3,(H,26,30)(H,27,29)/t17-/m1/s1. The number of rotatable bonds is 7. The third-order valence-corrected chi connectivity index (χ3v) is 8.10. The molecule has 1 aliphatic rings. The van der Waals surface area contributed by atoms with Crippen LogP contribution < -0.4 is 15.6 Å². The molecule has 3 aromatic rings. The van der Waals surface area contributed by atoms with Crippen LogP contribution in [-0.2, 0) is 16.6 Å². The molecule has 0 aliphatic carbocycles. The fourth-order valence-electron chi connectivity index (χ4n) is 4.29. The average molecular weight is 484 g/mol. The highest BCUT2D eigenvalue weighted by atomic mass is 32.2. The van der Waals surface area contributed by atoms with Crippen LogP contribution in [-0.4, -0.2) is 42.8 Å². The first-order chi connectivity index (χ1) is 16.3. The number of ether oxygens (including phenoxy) is 1. The van der Waals surface area contributed by atoms with E-state index in [4.69, 9.17) is 4.74 Å². The second-order valence-corrected chi connectivity index (χ2v) is 10.4. The molecule has 1 amide bonds. The Morgan fingerprint density at radius 1 is 1.15 bits per heavy atom. The first-order valence-corrected chi connectivity index (χ1v) is 12.9. The Morgan fingerprint density at radius 2 is 1.91 bits per heavy atom. The predicted molar refractivity (Wildman–Crippen MR) is 131 cm³/mol. The van der Waals surface area contributed by atoms with Gasteiger partial charge in [0.05, 0.1) is 17.1 Å². The number of piperidine rings is 1. The summed E-state index contributed by atoms with van der Waals surface area (Å²) in [6.45, 7) is 5.12. The van der Waals surface area contributed by atoms with E-state index in [9.17, 15) is 18.0 Å². The molecular weight excluding hydrogens is 454 g/mol. The summed E-state index contributed by atoms with van der Waals surface area (Å²) in [6, 6.07) is 13.0. The van der Waals surface area contributed by atoms with E-state index in [0.717, 1.165) is 30.6 Å². The Hall–Kier alpha value is -3.17. The van der Waals surface area contributed by atoms with Gasteiger partial charge >= 0.3 is 0 Å². The van der Waals surface area contributed by atoms with Crippen molar-refractivity contribution < 1.29 is 17.9 Å². The molecule has 1 fully saturated rings. The number of aromatic nitrogens is 1. The number of sulfonamides is 1. The number of aromatic amines is 1. The van der Waals surface area contributed by atoms with E-state index in [1.807, 2.05) is 38.1 Å². The molecule has 8 nitrogen and oxygen atoms in total. The number of fused-ring (bicyclic) bond motifs is 1. The summed E-state index contributed by atoms with van der Waals surface area (Å²) in [5, 5.41) is 3.21. The fraction of sp³-hybridized carbons (Fsp3) is 0.360. The van der Waals surface area contributed by atoms with Crippen molar-refractivity contribution in [2.75, 3.05) is 13.2 Å². The molecule has 0 radical (unpaired) electrons. The predicted octanol–water partition coefficient (Wildman–Crippen LogP) is 3.42. The molecule has 0 unspecified atom stereocenters. The molecule has 1 aromatic heterocycles. The third kappa shape index (κ3) is 5.00. The topological polar surface area (TPSA) is 109 Å². The van der Waals surface area contributed by atoms with Gasteiger partial charge in [-0.1, -0.05) is 18.6 Å². The molecule has 0 bridgehead atoms. The van der Waals surface area contributed by atoms with Crippen LogP contribution in [0.4, 0.5) is 0 Å². The quantitative estimate of drug-likeness (QED) is 0.535. The van der Waals surface area contributed by atoms with Crippen molar-refractivity contribution in [2.45, 2.75) is 50.6 Å². The Bertz CT molecular complexity index is 1350. The van der Waals surface area contributed by atoms with Gasteiger partial charge in [-0.3, -0.25) is 9.59 Å². The highest BCUT2D eigenvalue weighted by Crippen LogP contribution is 2.27. The van der Waals surface area contributed by atoms with Crippen LogP contribution in [0, 0.1) is 0 Å². The van der Waals surface area contributed by atoms with Crippen molar-refractivity contribution in [1.29, 1.82) is 0 Å². The summed E-state index contributed by atoms with van der Waals surface area (Å²) >= 11 is 0. The molecule has 2 aromatic carbocycles. The number of benzene rings is 2. The van der Waals surface area contributed by atoms with Crippen LogP contribution in [0.5, 0.6) is 5.75 Å². The first kappa shape index (κ1) is 24.0. The number of nitrogens with one attached hydrogen (secondary N) is 2. The van der Waals surface area contributed by atoms with Crippen LogP contribution in [0.15, 0.2) is 58.2 Å². The van der Waals surface area contributed by atoms with Crippen molar-refractivity contribution >= 4 is 26.8 Å². The molecule has 1 saturated heterocycles. The smallest absolute Gasteiger partial charge is 0.252 e. The van der Waals surface area contributed by atoms with Crippen LogP contribution >= 0.6 is 0 Å². The summed E-state index contributed by atoms with van der Waals surface area (Å²) in [4.78, 5) is 28.0. The number of amides is 1. The number of carbonyl (C=O) groups is 1. The van der Waals surface area contributed by atoms with Crippen LogP contribution in [0.3, 0.4) is 0 Å². The lowest BCUT2D eigenvalue weighted by atomic mass is 10.1. The molecular formula is C25H29N3O5S. The zero-order valence-electron chi connectivity index (χ0n) is 19.3. The third-order valence-electron chi connectivity index (χ3n) is 6.10. The van der Waals surface area contributed by atoms with Gasteiger partial charge in [-0.25, -0.2) is 8.42 Å². The summed E-state index contributed by atoms with van der Waals surface area (Å²) < 4.78 is 33.6. The molecule has 0 saturated carbocycles. The van der Waals surface area contributed by atoms with Crippen molar-refractivity contribution in [3.63, 3.8) is 0 Å². The van der Waals surface area contributed by atoms with Crippen LogP contribution in [0.1, 0.15) is 49.0 Å². The first-order valence-electron chi connectivity index (χ1n) is 11.5. The number of H-pyrrole nitrogens is 1. The monoisotopic (exact) mass is 483 g/mol. The van der Waals surface area contributed by atoms with E-state index in [2.05, 4.69) is 10.3 Å². The lowest BCUT2D eigenvalue weighted by molar-refractivity contribution is 0.0952. The Morgan fingerprint density at radius 3 is 2.62 bits per heavy atom. The highest BCUT2D eigenvalue weighted by Gasteiger charge is 2.31. The Balaban J connectivity index is 1.63. The molecule has 9 heteroatoms. The van der Waals surface area contributed by atoms with Gasteiger partial charge in [0.15, 0.2) is 0 Å². The molecule has 0 spiro atoms. The maximum Gasteiger partial charge on any atom is 0.252 e. The summed E-state index contributed by atoms with van der Waals surface area (Å²) in [5.41, 5.74) is 0.977. The molecule has 2 N–H and O–H groups in total. The van der Waals surface area contributed by atoms with Gasteiger partial charge in [0.25, 0.3) is 5.91 Å². The number of hydrogen-bond donors (Lipinski definition) is 2. The number of hydrogen-bond acceptors (Lipinski definition) is 5. The summed E-state index contributed by atoms with van der Waals surface area (Å²) in [7, 11) is -3.72. The largest absolute Gasteiger partial charge is 0.494 e. The maximum absolute atomic E-state index is 13.3. The van der Waals surface area contributed by atoms with Gasteiger partial charge in [0, 0.05) is 36.1 Å². The fourth-order valence-corrected chi connectivity index (χ4v) is 6.02. The van der Waals surface area contributed by atoms with E-state index in [-0.39, 0.29) is 23.0 Å². The molecule has 4 rings (SSSR count). The van der Waals surface area contributed by atoms with Crippen LogP contribution in [0.25, 0.3) is 10.9 Å². The van der Waals surface area contributed by atoms with E-state index in [0.29, 0.717) is 24.1 Å². The van der Waals surface area contributed by atoms with Crippen molar-refractivity contribution in [3.05, 3.63) is 70.0 Å². The minimum Gasteiger partial charge on any atom is -0.494 e. The lowest BCUT2D eigenvalue weighted by Crippen LogP contribution is -2.41. The molecule has 34 heavy (non-hydrogen) atoms. The number of carbonyl (C=O) groups excluding carboxylic acids is 1. The summed E-state index contributed by atoms with van der Waals surface area (Å²) in [6.07, 6.45) is 2.65. The number of pyridine rings is 1. The van der Waals surface area contributed by atoms with E-state index < -0.39 is 21.5 Å².